The maximum Gasteiger partial charge on any atom is 0.140 e. The van der Waals surface area contributed by atoms with Crippen LogP contribution in [0.2, 0.25) is 0 Å². The number of nitrogens with zero attached hydrogens (tertiary/aromatic N) is 3. The Balaban J connectivity index is 0.926. The van der Waals surface area contributed by atoms with Crippen molar-refractivity contribution >= 4 is 99.5 Å². The summed E-state index contributed by atoms with van der Waals surface area (Å²) in [6.45, 7) is 8.70. The van der Waals surface area contributed by atoms with Crippen LogP contribution in [0.3, 0.4) is 0 Å². The minimum absolute atomic E-state index is 0.547. The van der Waals surface area contributed by atoms with Crippen LogP contribution in [0.4, 0.5) is 34.1 Å². The molecule has 0 spiro atoms. The van der Waals surface area contributed by atoms with E-state index in [4.69, 9.17) is 8.83 Å². The Labute approximate surface area is 417 Å². The van der Waals surface area contributed by atoms with Gasteiger partial charge < -0.3 is 18.6 Å². The molecule has 5 nitrogen and oxygen atoms in total. The van der Waals surface area contributed by atoms with Crippen molar-refractivity contribution in [3.8, 4) is 28.3 Å². The minimum atomic E-state index is 0.547. The van der Waals surface area contributed by atoms with Gasteiger partial charge in [0.1, 0.15) is 28.4 Å². The Morgan fingerprint density at radius 1 is 0.333 bits per heavy atom. The molecule has 0 fully saturated rings. The van der Waals surface area contributed by atoms with Gasteiger partial charge in [0.15, 0.2) is 0 Å². The van der Waals surface area contributed by atoms with E-state index in [9.17, 15) is 5.26 Å². The van der Waals surface area contributed by atoms with E-state index in [-0.39, 0.29) is 0 Å². The topological polar surface area (TPSA) is 56.6 Å². The summed E-state index contributed by atoms with van der Waals surface area (Å²) in [6, 6.07) is 77.9. The summed E-state index contributed by atoms with van der Waals surface area (Å²) < 4.78 is 13.4. The largest absolute Gasteiger partial charge is 0.456 e. The van der Waals surface area contributed by atoms with Crippen LogP contribution in [-0.2, 0) is 0 Å². The van der Waals surface area contributed by atoms with Gasteiger partial charge in [0.05, 0.1) is 16.9 Å². The third-order valence-corrected chi connectivity index (χ3v) is 14.5. The van der Waals surface area contributed by atoms with Crippen molar-refractivity contribution in [1.29, 1.82) is 5.26 Å². The maximum absolute atomic E-state index is 11.1. The maximum atomic E-state index is 11.1. The molecule has 0 saturated heterocycles. The first-order valence-corrected chi connectivity index (χ1v) is 24.4. The second-order valence-electron chi connectivity index (χ2n) is 19.1. The lowest BCUT2D eigenvalue weighted by Gasteiger charge is -2.29. The molecule has 0 aliphatic rings. The minimum Gasteiger partial charge on any atom is -0.456 e. The zero-order valence-corrected chi connectivity index (χ0v) is 40.4. The smallest absolute Gasteiger partial charge is 0.140 e. The van der Waals surface area contributed by atoms with Crippen LogP contribution in [0.15, 0.2) is 221 Å². The van der Waals surface area contributed by atoms with Crippen LogP contribution in [0.1, 0.15) is 27.8 Å². The number of fused-ring (bicyclic) bond motifs is 8. The molecule has 0 saturated carbocycles. The summed E-state index contributed by atoms with van der Waals surface area (Å²) in [5, 5.41) is 18.6. The lowest BCUT2D eigenvalue weighted by Crippen LogP contribution is -2.13. The van der Waals surface area contributed by atoms with Gasteiger partial charge in [0.25, 0.3) is 0 Å². The molecular formula is C67H47N3O2. The van der Waals surface area contributed by atoms with Crippen molar-refractivity contribution in [3.05, 3.63) is 240 Å². The van der Waals surface area contributed by atoms with Crippen LogP contribution in [0.25, 0.3) is 87.7 Å². The Bertz CT molecular complexity index is 4040. The van der Waals surface area contributed by atoms with E-state index in [1.807, 2.05) is 6.07 Å². The average Bonchev–Trinajstić information content (AvgIpc) is 3.95. The van der Waals surface area contributed by atoms with Gasteiger partial charge in [0, 0.05) is 50.4 Å². The lowest BCUT2D eigenvalue weighted by atomic mass is 9.98. The second-order valence-corrected chi connectivity index (χ2v) is 19.1. The molecule has 0 aliphatic carbocycles. The van der Waals surface area contributed by atoms with Gasteiger partial charge in [-0.05, 0) is 167 Å². The highest BCUT2D eigenvalue weighted by Gasteiger charge is 2.24. The van der Waals surface area contributed by atoms with Gasteiger partial charge in [-0.25, -0.2) is 0 Å². The third kappa shape index (κ3) is 7.07. The first-order valence-electron chi connectivity index (χ1n) is 24.4. The number of para-hydroxylation sites is 2. The predicted octanol–water partition coefficient (Wildman–Crippen LogP) is 19.2. The summed E-state index contributed by atoms with van der Waals surface area (Å²) in [7, 11) is 0. The molecule has 13 aromatic rings. The number of nitriles is 1. The fraction of sp³-hybridized carbons (Fsp3) is 0.0597. The van der Waals surface area contributed by atoms with Gasteiger partial charge in [-0.1, -0.05) is 133 Å². The van der Waals surface area contributed by atoms with Crippen molar-refractivity contribution in [2.45, 2.75) is 27.7 Å². The molecule has 2 aromatic heterocycles. The van der Waals surface area contributed by atoms with E-state index < -0.39 is 0 Å². The molecule has 0 aliphatic heterocycles. The Hall–Kier alpha value is -9.37. The molecule has 0 bridgehead atoms. The molecule has 2 heterocycles. The molecule has 0 radical (unpaired) electrons. The van der Waals surface area contributed by atoms with Crippen LogP contribution in [0.5, 0.6) is 0 Å². The number of furan rings is 2. The zero-order valence-electron chi connectivity index (χ0n) is 40.4. The number of benzene rings is 11. The Kier molecular flexibility index (Phi) is 10.1. The van der Waals surface area contributed by atoms with Gasteiger partial charge >= 0.3 is 0 Å². The predicted molar refractivity (Wildman–Crippen MR) is 300 cm³/mol. The molecular weight excluding hydrogens is 879 g/mol. The fourth-order valence-corrected chi connectivity index (χ4v) is 11.1. The van der Waals surface area contributed by atoms with Crippen molar-refractivity contribution in [2.75, 3.05) is 9.80 Å². The molecule has 13 rings (SSSR count). The van der Waals surface area contributed by atoms with E-state index in [1.54, 1.807) is 0 Å². The lowest BCUT2D eigenvalue weighted by molar-refractivity contribution is 0.656. The molecule has 0 unspecified atom stereocenters. The third-order valence-electron chi connectivity index (χ3n) is 14.5. The highest BCUT2D eigenvalue weighted by atomic mass is 16.3. The van der Waals surface area contributed by atoms with E-state index in [0.29, 0.717) is 27.9 Å². The van der Waals surface area contributed by atoms with Crippen LogP contribution < -0.4 is 9.80 Å². The standard InChI is InChI=1S/C67H47N3O2/c1-41-15-11-16-42(2)66(41)69(53-25-13-23-47(31-53)45-19-7-5-8-20-45)55-29-27-49-35-57-60(37-51(49)33-55)71-62-39-63-65(59(40-68)64(57)62)58-36-50-28-30-56(34-52(50)38-61(58)72-63)70(67-43(3)17-12-18-44(67)4)54-26-14-24-48(32-54)46-21-9-6-10-22-46/h5-39H,1-4H3. The second kappa shape index (κ2) is 16.9. The fourth-order valence-electron chi connectivity index (χ4n) is 11.1. The first kappa shape index (κ1) is 42.7. The van der Waals surface area contributed by atoms with E-state index in [0.717, 1.165) is 88.3 Å². The molecule has 72 heavy (non-hydrogen) atoms. The number of rotatable bonds is 8. The zero-order chi connectivity index (χ0) is 48.6. The van der Waals surface area contributed by atoms with Crippen molar-refractivity contribution < 1.29 is 8.83 Å². The quantitative estimate of drug-likeness (QED) is 0.152. The normalized spacial score (nSPS) is 11.6. The van der Waals surface area contributed by atoms with E-state index in [1.165, 1.54) is 33.4 Å². The number of hydrogen-bond donors (Lipinski definition) is 0. The molecule has 0 amide bonds. The molecule has 11 aromatic carbocycles. The van der Waals surface area contributed by atoms with Crippen LogP contribution in [-0.4, -0.2) is 0 Å². The van der Waals surface area contributed by atoms with Crippen LogP contribution in [0, 0.1) is 39.0 Å². The molecule has 0 N–H and O–H groups in total. The van der Waals surface area contributed by atoms with Gasteiger partial charge in [-0.15, -0.1) is 0 Å². The van der Waals surface area contributed by atoms with Gasteiger partial charge in [-0.2, -0.15) is 5.26 Å². The summed E-state index contributed by atoms with van der Waals surface area (Å²) in [6.07, 6.45) is 0. The van der Waals surface area contributed by atoms with Crippen molar-refractivity contribution in [1.82, 2.24) is 0 Å². The summed E-state index contributed by atoms with van der Waals surface area (Å²) in [5.74, 6) is 0. The molecule has 5 heteroatoms. The number of anilines is 6. The Morgan fingerprint density at radius 2 is 0.722 bits per heavy atom. The summed E-state index contributed by atoms with van der Waals surface area (Å²) >= 11 is 0. The summed E-state index contributed by atoms with van der Waals surface area (Å²) in [5.41, 5.74) is 19.1. The highest BCUT2D eigenvalue weighted by molar-refractivity contribution is 6.22. The first-order chi connectivity index (χ1) is 35.3. The average molecular weight is 926 g/mol. The van der Waals surface area contributed by atoms with Gasteiger partial charge in [-0.3, -0.25) is 0 Å². The van der Waals surface area contributed by atoms with E-state index >= 15 is 0 Å². The monoisotopic (exact) mass is 925 g/mol. The number of hydrogen-bond acceptors (Lipinski definition) is 5. The van der Waals surface area contributed by atoms with E-state index in [2.05, 4.69) is 250 Å². The SMILES string of the molecule is Cc1cccc(C)c1N(c1cccc(-c2ccccc2)c1)c1ccc2cc3c(cc2c1)oc1cc2oc4cc5cc(N(c6cccc(-c7ccccc7)c6)c6c(C)cccc6C)ccc5cc4c2c(C#N)c13. The van der Waals surface area contributed by atoms with Gasteiger partial charge in [0.2, 0.25) is 0 Å². The Morgan fingerprint density at radius 3 is 1.14 bits per heavy atom. The molecule has 342 valence electrons. The number of aryl methyl sites for hydroxylation is 4. The van der Waals surface area contributed by atoms with Crippen molar-refractivity contribution in [3.63, 3.8) is 0 Å². The van der Waals surface area contributed by atoms with Crippen LogP contribution >= 0.6 is 0 Å². The summed E-state index contributed by atoms with van der Waals surface area (Å²) in [4.78, 5) is 4.73. The highest BCUT2D eigenvalue weighted by Crippen LogP contribution is 2.46. The molecule has 0 atom stereocenters. The van der Waals surface area contributed by atoms with Crippen molar-refractivity contribution in [2.24, 2.45) is 0 Å².